The zero-order chi connectivity index (χ0) is 7.28. The SMILES string of the molecule is C/C=C\NC(=N)C(C)C. The van der Waals surface area contributed by atoms with E-state index in [0.29, 0.717) is 11.8 Å². The Labute approximate surface area is 56.5 Å². The first-order chi connectivity index (χ1) is 4.18. The second kappa shape index (κ2) is 4.13. The summed E-state index contributed by atoms with van der Waals surface area (Å²) in [6, 6.07) is 0. The lowest BCUT2D eigenvalue weighted by atomic mass is 10.2. The smallest absolute Gasteiger partial charge is 0.0997 e. The molecule has 0 saturated carbocycles. The normalized spacial score (nSPS) is 10.7. The average Bonchev–Trinajstić information content (AvgIpc) is 1.82. The van der Waals surface area contributed by atoms with E-state index < -0.39 is 0 Å². The molecule has 2 nitrogen and oxygen atoms in total. The second-order valence-electron chi connectivity index (χ2n) is 2.21. The fourth-order valence-electron chi connectivity index (χ4n) is 0.340. The first-order valence-corrected chi connectivity index (χ1v) is 3.14. The summed E-state index contributed by atoms with van der Waals surface area (Å²) in [5, 5.41) is 10.1. The van der Waals surface area contributed by atoms with Crippen molar-refractivity contribution in [1.29, 1.82) is 5.41 Å². The average molecular weight is 126 g/mol. The highest BCUT2D eigenvalue weighted by molar-refractivity contribution is 5.81. The van der Waals surface area contributed by atoms with Crippen molar-refractivity contribution < 1.29 is 0 Å². The van der Waals surface area contributed by atoms with Crippen molar-refractivity contribution in [3.05, 3.63) is 12.3 Å². The zero-order valence-electron chi connectivity index (χ0n) is 6.23. The van der Waals surface area contributed by atoms with Gasteiger partial charge in [0.15, 0.2) is 0 Å². The van der Waals surface area contributed by atoms with Crippen molar-refractivity contribution in [2.24, 2.45) is 5.92 Å². The molecular weight excluding hydrogens is 112 g/mol. The van der Waals surface area contributed by atoms with Crippen LogP contribution in [0.4, 0.5) is 0 Å². The third kappa shape index (κ3) is 3.76. The maximum absolute atomic E-state index is 7.28. The van der Waals surface area contributed by atoms with Crippen molar-refractivity contribution in [3.8, 4) is 0 Å². The van der Waals surface area contributed by atoms with E-state index >= 15 is 0 Å². The number of hydrogen-bond acceptors (Lipinski definition) is 1. The molecule has 9 heavy (non-hydrogen) atoms. The standard InChI is InChI=1S/C7H14N2/c1-4-5-9-7(8)6(2)3/h4-6H,1-3H3,(H2,8,9)/b5-4-. The highest BCUT2D eigenvalue weighted by Crippen LogP contribution is 1.89. The van der Waals surface area contributed by atoms with E-state index in [1.54, 1.807) is 6.20 Å². The van der Waals surface area contributed by atoms with Gasteiger partial charge in [-0.1, -0.05) is 19.9 Å². The van der Waals surface area contributed by atoms with Crippen molar-refractivity contribution in [3.63, 3.8) is 0 Å². The molecule has 0 aromatic carbocycles. The third-order valence-electron chi connectivity index (χ3n) is 0.983. The van der Waals surface area contributed by atoms with Gasteiger partial charge in [-0.05, 0) is 13.1 Å². The van der Waals surface area contributed by atoms with Gasteiger partial charge in [-0.25, -0.2) is 0 Å². The molecule has 0 bridgehead atoms. The van der Waals surface area contributed by atoms with E-state index in [2.05, 4.69) is 5.32 Å². The Morgan fingerprint density at radius 2 is 2.11 bits per heavy atom. The minimum Gasteiger partial charge on any atom is -0.351 e. The van der Waals surface area contributed by atoms with Crippen LogP contribution in [0, 0.1) is 11.3 Å². The molecule has 0 radical (unpaired) electrons. The highest BCUT2D eigenvalue weighted by atomic mass is 14.9. The molecule has 0 aliphatic rings. The maximum Gasteiger partial charge on any atom is 0.0997 e. The lowest BCUT2D eigenvalue weighted by molar-refractivity contribution is 0.839. The predicted molar refractivity (Wildman–Crippen MR) is 40.5 cm³/mol. The van der Waals surface area contributed by atoms with Crippen molar-refractivity contribution in [2.75, 3.05) is 0 Å². The molecule has 0 rings (SSSR count). The summed E-state index contributed by atoms with van der Waals surface area (Å²) in [4.78, 5) is 0. The van der Waals surface area contributed by atoms with Gasteiger partial charge in [-0.15, -0.1) is 0 Å². The van der Waals surface area contributed by atoms with Gasteiger partial charge in [-0.2, -0.15) is 0 Å². The van der Waals surface area contributed by atoms with E-state index in [0.717, 1.165) is 0 Å². The van der Waals surface area contributed by atoms with E-state index in [4.69, 9.17) is 5.41 Å². The Morgan fingerprint density at radius 3 is 2.44 bits per heavy atom. The fraction of sp³-hybridized carbons (Fsp3) is 0.571. The van der Waals surface area contributed by atoms with Crippen LogP contribution in [0.5, 0.6) is 0 Å². The van der Waals surface area contributed by atoms with Crippen molar-refractivity contribution in [2.45, 2.75) is 20.8 Å². The predicted octanol–water partition coefficient (Wildman–Crippen LogP) is 1.74. The number of allylic oxidation sites excluding steroid dienone is 1. The van der Waals surface area contributed by atoms with Crippen LogP contribution in [0.3, 0.4) is 0 Å². The molecule has 52 valence electrons. The first-order valence-electron chi connectivity index (χ1n) is 3.14. The van der Waals surface area contributed by atoms with Gasteiger partial charge in [0.1, 0.15) is 0 Å². The minimum absolute atomic E-state index is 0.293. The number of rotatable bonds is 2. The molecule has 0 fully saturated rings. The fourth-order valence-corrected chi connectivity index (χ4v) is 0.340. The summed E-state index contributed by atoms with van der Waals surface area (Å²) in [5.41, 5.74) is 0. The van der Waals surface area contributed by atoms with Crippen molar-refractivity contribution in [1.82, 2.24) is 5.32 Å². The summed E-state index contributed by atoms with van der Waals surface area (Å²) >= 11 is 0. The van der Waals surface area contributed by atoms with Gasteiger partial charge in [0.05, 0.1) is 5.84 Å². The Kier molecular flexibility index (Phi) is 3.76. The number of hydrogen-bond donors (Lipinski definition) is 2. The zero-order valence-corrected chi connectivity index (χ0v) is 6.23. The Hall–Kier alpha value is -0.790. The Morgan fingerprint density at radius 1 is 1.56 bits per heavy atom. The third-order valence-corrected chi connectivity index (χ3v) is 0.983. The van der Waals surface area contributed by atoms with Crippen LogP contribution in [0.1, 0.15) is 20.8 Å². The summed E-state index contributed by atoms with van der Waals surface area (Å²) in [5.74, 6) is 0.856. The summed E-state index contributed by atoms with van der Waals surface area (Å²) < 4.78 is 0. The monoisotopic (exact) mass is 126 g/mol. The maximum atomic E-state index is 7.28. The summed E-state index contributed by atoms with van der Waals surface area (Å²) in [7, 11) is 0. The van der Waals surface area contributed by atoms with Crippen LogP contribution in [0.2, 0.25) is 0 Å². The second-order valence-corrected chi connectivity index (χ2v) is 2.21. The molecular formula is C7H14N2. The Balaban J connectivity index is 3.51. The molecule has 0 spiro atoms. The first kappa shape index (κ1) is 8.21. The molecule has 0 aliphatic heterocycles. The summed E-state index contributed by atoms with van der Waals surface area (Å²) in [6.07, 6.45) is 3.64. The quantitative estimate of drug-likeness (QED) is 0.429. The number of amidine groups is 1. The molecule has 0 aliphatic carbocycles. The van der Waals surface area contributed by atoms with Crippen LogP contribution in [-0.2, 0) is 0 Å². The lowest BCUT2D eigenvalue weighted by Gasteiger charge is -2.04. The molecule has 0 amide bonds. The van der Waals surface area contributed by atoms with Crippen LogP contribution < -0.4 is 5.32 Å². The molecule has 0 unspecified atom stereocenters. The van der Waals surface area contributed by atoms with Gasteiger partial charge in [0.2, 0.25) is 0 Å². The molecule has 0 aromatic rings. The van der Waals surface area contributed by atoms with Gasteiger partial charge >= 0.3 is 0 Å². The largest absolute Gasteiger partial charge is 0.351 e. The van der Waals surface area contributed by atoms with Crippen molar-refractivity contribution >= 4 is 5.84 Å². The minimum atomic E-state index is 0.293. The molecule has 0 heterocycles. The van der Waals surface area contributed by atoms with Gasteiger partial charge < -0.3 is 5.32 Å². The summed E-state index contributed by atoms with van der Waals surface area (Å²) in [6.45, 7) is 5.89. The van der Waals surface area contributed by atoms with E-state index in [1.165, 1.54) is 0 Å². The van der Waals surface area contributed by atoms with Gasteiger partial charge in [0.25, 0.3) is 0 Å². The van der Waals surface area contributed by atoms with Gasteiger partial charge in [0, 0.05) is 5.92 Å². The molecule has 2 N–H and O–H groups in total. The molecule has 2 heteroatoms. The van der Waals surface area contributed by atoms with E-state index in [-0.39, 0.29) is 0 Å². The molecule has 0 aromatic heterocycles. The van der Waals surface area contributed by atoms with Gasteiger partial charge in [-0.3, -0.25) is 5.41 Å². The molecule has 0 atom stereocenters. The Bertz CT molecular complexity index is 114. The lowest BCUT2D eigenvalue weighted by Crippen LogP contribution is -2.21. The van der Waals surface area contributed by atoms with E-state index in [1.807, 2.05) is 26.8 Å². The van der Waals surface area contributed by atoms with Crippen LogP contribution >= 0.6 is 0 Å². The highest BCUT2D eigenvalue weighted by Gasteiger charge is 1.96. The van der Waals surface area contributed by atoms with Crippen LogP contribution in [0.15, 0.2) is 12.3 Å². The topological polar surface area (TPSA) is 35.9 Å². The van der Waals surface area contributed by atoms with Crippen LogP contribution in [-0.4, -0.2) is 5.84 Å². The van der Waals surface area contributed by atoms with Crippen LogP contribution in [0.25, 0.3) is 0 Å². The molecule has 0 saturated heterocycles. The van der Waals surface area contributed by atoms with E-state index in [9.17, 15) is 0 Å². The number of nitrogens with one attached hydrogen (secondary N) is 2.